The van der Waals surface area contributed by atoms with Gasteiger partial charge in [0.2, 0.25) is 0 Å². The van der Waals surface area contributed by atoms with E-state index >= 15 is 0 Å². The molecule has 0 fully saturated rings. The van der Waals surface area contributed by atoms with Gasteiger partial charge in [0.15, 0.2) is 0 Å². The molecule has 0 unspecified atom stereocenters. The van der Waals surface area contributed by atoms with Crippen molar-refractivity contribution in [3.63, 3.8) is 0 Å². The van der Waals surface area contributed by atoms with Gasteiger partial charge in [0, 0.05) is 18.1 Å². The zero-order valence-corrected chi connectivity index (χ0v) is 11.7. The number of alkyl halides is 3. The highest BCUT2D eigenvalue weighted by molar-refractivity contribution is 5.87. The molecule has 2 aromatic rings. The minimum absolute atomic E-state index is 0.0119. The first kappa shape index (κ1) is 14.8. The highest BCUT2D eigenvalue weighted by Crippen LogP contribution is 2.38. The second-order valence-corrected chi connectivity index (χ2v) is 5.81. The molecule has 1 aromatic carbocycles. The van der Waals surface area contributed by atoms with E-state index in [-0.39, 0.29) is 17.5 Å². The van der Waals surface area contributed by atoms with Crippen LogP contribution in [0.25, 0.3) is 10.9 Å². The number of pyridine rings is 1. The second-order valence-electron chi connectivity index (χ2n) is 5.81. The Morgan fingerprint density at radius 1 is 1.15 bits per heavy atom. The summed E-state index contributed by atoms with van der Waals surface area (Å²) in [5.74, 6) is 0. The van der Waals surface area contributed by atoms with Crippen LogP contribution in [0.3, 0.4) is 0 Å². The number of benzene rings is 1. The SMILES string of the molecule is CC(C)(C)c1c(CN)cnc2c(C(F)(F)F)cccc12. The summed E-state index contributed by atoms with van der Waals surface area (Å²) in [6, 6.07) is 4.16. The lowest BCUT2D eigenvalue weighted by molar-refractivity contribution is -0.136. The second kappa shape index (κ2) is 4.74. The Balaban J connectivity index is 2.90. The van der Waals surface area contributed by atoms with Crippen molar-refractivity contribution in [2.45, 2.75) is 38.9 Å². The minimum Gasteiger partial charge on any atom is -0.326 e. The molecule has 2 nitrogen and oxygen atoms in total. The van der Waals surface area contributed by atoms with Crippen LogP contribution < -0.4 is 5.73 Å². The third-order valence-corrected chi connectivity index (χ3v) is 3.25. The smallest absolute Gasteiger partial charge is 0.326 e. The number of halogens is 3. The molecule has 0 radical (unpaired) electrons. The molecule has 20 heavy (non-hydrogen) atoms. The van der Waals surface area contributed by atoms with Gasteiger partial charge in [0.1, 0.15) is 0 Å². The molecule has 0 bridgehead atoms. The third-order valence-electron chi connectivity index (χ3n) is 3.25. The van der Waals surface area contributed by atoms with Gasteiger partial charge in [-0.2, -0.15) is 13.2 Å². The zero-order chi connectivity index (χ0) is 15.1. The summed E-state index contributed by atoms with van der Waals surface area (Å²) in [6.07, 6.45) is -2.95. The lowest BCUT2D eigenvalue weighted by Crippen LogP contribution is -2.18. The van der Waals surface area contributed by atoms with Crippen molar-refractivity contribution in [1.82, 2.24) is 4.98 Å². The first-order valence-corrected chi connectivity index (χ1v) is 6.34. The average molecular weight is 282 g/mol. The Morgan fingerprint density at radius 2 is 1.80 bits per heavy atom. The van der Waals surface area contributed by atoms with Crippen LogP contribution in [-0.2, 0) is 18.1 Å². The summed E-state index contributed by atoms with van der Waals surface area (Å²) in [4.78, 5) is 3.99. The van der Waals surface area contributed by atoms with Crippen molar-refractivity contribution in [1.29, 1.82) is 0 Å². The number of rotatable bonds is 1. The fourth-order valence-corrected chi connectivity index (χ4v) is 2.53. The van der Waals surface area contributed by atoms with Gasteiger partial charge in [-0.15, -0.1) is 0 Å². The van der Waals surface area contributed by atoms with Gasteiger partial charge in [-0.05, 0) is 22.6 Å². The van der Waals surface area contributed by atoms with Gasteiger partial charge >= 0.3 is 6.18 Å². The van der Waals surface area contributed by atoms with Gasteiger partial charge in [0.05, 0.1) is 11.1 Å². The van der Waals surface area contributed by atoms with Crippen molar-refractivity contribution in [2.75, 3.05) is 0 Å². The molecule has 0 aliphatic rings. The molecule has 1 heterocycles. The highest BCUT2D eigenvalue weighted by atomic mass is 19.4. The van der Waals surface area contributed by atoms with E-state index in [4.69, 9.17) is 5.73 Å². The minimum atomic E-state index is -4.41. The summed E-state index contributed by atoms with van der Waals surface area (Å²) in [5, 5.41) is 0.523. The number of fused-ring (bicyclic) bond motifs is 1. The van der Waals surface area contributed by atoms with Crippen LogP contribution in [0.5, 0.6) is 0 Å². The van der Waals surface area contributed by atoms with Crippen LogP contribution in [0.15, 0.2) is 24.4 Å². The van der Waals surface area contributed by atoms with Crippen LogP contribution in [0.4, 0.5) is 13.2 Å². The largest absolute Gasteiger partial charge is 0.418 e. The molecular formula is C15H17F3N2. The van der Waals surface area contributed by atoms with E-state index in [1.165, 1.54) is 12.3 Å². The first-order valence-electron chi connectivity index (χ1n) is 6.34. The molecule has 0 aliphatic heterocycles. The molecular weight excluding hydrogens is 265 g/mol. The van der Waals surface area contributed by atoms with Gasteiger partial charge in [-0.3, -0.25) is 4.98 Å². The lowest BCUT2D eigenvalue weighted by Gasteiger charge is -2.25. The predicted molar refractivity (Wildman–Crippen MR) is 73.3 cm³/mol. The number of nitrogens with zero attached hydrogens (tertiary/aromatic N) is 1. The van der Waals surface area contributed by atoms with Crippen molar-refractivity contribution < 1.29 is 13.2 Å². The lowest BCUT2D eigenvalue weighted by atomic mass is 9.81. The monoisotopic (exact) mass is 282 g/mol. The molecule has 0 saturated heterocycles. The zero-order valence-electron chi connectivity index (χ0n) is 11.7. The first-order chi connectivity index (χ1) is 9.16. The van der Waals surface area contributed by atoms with Crippen LogP contribution >= 0.6 is 0 Å². The highest BCUT2D eigenvalue weighted by Gasteiger charge is 2.34. The van der Waals surface area contributed by atoms with E-state index in [0.717, 1.165) is 17.2 Å². The molecule has 0 saturated carbocycles. The summed E-state index contributed by atoms with van der Waals surface area (Å²) < 4.78 is 39.2. The summed E-state index contributed by atoms with van der Waals surface area (Å²) in [7, 11) is 0. The summed E-state index contributed by atoms with van der Waals surface area (Å²) in [6.45, 7) is 6.13. The number of hydrogen-bond acceptors (Lipinski definition) is 2. The molecule has 0 spiro atoms. The molecule has 5 heteroatoms. The van der Waals surface area contributed by atoms with Crippen LogP contribution in [-0.4, -0.2) is 4.98 Å². The van der Waals surface area contributed by atoms with Crippen molar-refractivity contribution in [3.8, 4) is 0 Å². The predicted octanol–water partition coefficient (Wildman–Crippen LogP) is 4.01. The molecule has 1 aromatic heterocycles. The topological polar surface area (TPSA) is 38.9 Å². The fourth-order valence-electron chi connectivity index (χ4n) is 2.53. The van der Waals surface area contributed by atoms with Crippen molar-refractivity contribution in [3.05, 3.63) is 41.1 Å². The standard InChI is InChI=1S/C15H17F3N2/c1-14(2,3)12-9(7-19)8-20-13-10(12)5-4-6-11(13)15(16,17)18/h4-6,8H,7,19H2,1-3H3. The summed E-state index contributed by atoms with van der Waals surface area (Å²) in [5.41, 5.74) is 6.29. The van der Waals surface area contributed by atoms with E-state index in [1.54, 1.807) is 6.07 Å². The Bertz CT molecular complexity index is 640. The molecule has 108 valence electrons. The van der Waals surface area contributed by atoms with Gasteiger partial charge in [0.25, 0.3) is 0 Å². The normalized spacial score (nSPS) is 12.9. The number of para-hydroxylation sites is 1. The number of nitrogens with two attached hydrogens (primary N) is 1. The Kier molecular flexibility index (Phi) is 3.50. The van der Waals surface area contributed by atoms with E-state index in [0.29, 0.717) is 5.39 Å². The maximum absolute atomic E-state index is 13.1. The third kappa shape index (κ3) is 2.50. The van der Waals surface area contributed by atoms with Crippen molar-refractivity contribution >= 4 is 10.9 Å². The number of hydrogen-bond donors (Lipinski definition) is 1. The van der Waals surface area contributed by atoms with Crippen molar-refractivity contribution in [2.24, 2.45) is 5.73 Å². The van der Waals surface area contributed by atoms with E-state index in [2.05, 4.69) is 4.98 Å². The maximum Gasteiger partial charge on any atom is 0.418 e. The van der Waals surface area contributed by atoms with Gasteiger partial charge in [-0.1, -0.05) is 32.9 Å². The molecule has 0 atom stereocenters. The van der Waals surface area contributed by atoms with E-state index in [1.807, 2.05) is 20.8 Å². The molecule has 0 aliphatic carbocycles. The van der Waals surface area contributed by atoms with Crippen LogP contribution in [0.1, 0.15) is 37.5 Å². The Labute approximate surface area is 115 Å². The van der Waals surface area contributed by atoms with E-state index < -0.39 is 11.7 Å². The Morgan fingerprint density at radius 3 is 2.30 bits per heavy atom. The fraction of sp³-hybridized carbons (Fsp3) is 0.400. The summed E-state index contributed by atoms with van der Waals surface area (Å²) >= 11 is 0. The average Bonchev–Trinajstić information content (AvgIpc) is 2.34. The molecule has 2 rings (SSSR count). The number of aromatic nitrogens is 1. The van der Waals surface area contributed by atoms with Crippen LogP contribution in [0.2, 0.25) is 0 Å². The quantitative estimate of drug-likeness (QED) is 0.858. The van der Waals surface area contributed by atoms with Gasteiger partial charge < -0.3 is 5.73 Å². The van der Waals surface area contributed by atoms with Crippen LogP contribution in [0, 0.1) is 0 Å². The molecule has 2 N–H and O–H groups in total. The van der Waals surface area contributed by atoms with E-state index in [9.17, 15) is 13.2 Å². The Hall–Kier alpha value is -1.62. The van der Waals surface area contributed by atoms with Gasteiger partial charge in [-0.25, -0.2) is 0 Å². The maximum atomic E-state index is 13.1. The molecule has 0 amide bonds.